The van der Waals surface area contributed by atoms with E-state index in [0.29, 0.717) is 43.3 Å². The number of aliphatic hydroxyl groups is 2. The third-order valence-corrected chi connectivity index (χ3v) is 15.4. The van der Waals surface area contributed by atoms with Crippen molar-refractivity contribution in [3.63, 3.8) is 0 Å². The van der Waals surface area contributed by atoms with Gasteiger partial charge in [-0.1, -0.05) is 119 Å². The van der Waals surface area contributed by atoms with Crippen molar-refractivity contribution in [1.29, 1.82) is 0 Å². The molecule has 2 aliphatic heterocycles. The summed E-state index contributed by atoms with van der Waals surface area (Å²) in [6.07, 6.45) is 20.3. The molecule has 0 saturated heterocycles. The van der Waals surface area contributed by atoms with Crippen LogP contribution in [0.15, 0.2) is 101 Å². The van der Waals surface area contributed by atoms with Crippen LogP contribution in [-0.2, 0) is 20.9 Å². The molecule has 0 unspecified atom stereocenters. The Labute approximate surface area is 427 Å². The van der Waals surface area contributed by atoms with Crippen LogP contribution in [0.5, 0.6) is 23.0 Å². The van der Waals surface area contributed by atoms with E-state index in [2.05, 4.69) is 37.8 Å². The molecule has 0 radical (unpaired) electrons. The van der Waals surface area contributed by atoms with Crippen LogP contribution in [0.2, 0.25) is 0 Å². The Kier molecular flexibility index (Phi) is 21.7. The number of oxime groups is 1. The van der Waals surface area contributed by atoms with E-state index in [1.54, 1.807) is 22.7 Å². The van der Waals surface area contributed by atoms with Gasteiger partial charge in [-0.25, -0.2) is 4.79 Å². The zero-order valence-corrected chi connectivity index (χ0v) is 43.3. The normalized spacial score (nSPS) is 22.2. The van der Waals surface area contributed by atoms with Crippen molar-refractivity contribution in [1.82, 2.24) is 4.90 Å². The fourth-order valence-electron chi connectivity index (χ4n) is 11.1. The number of hydrogen-bond donors (Lipinski definition) is 2. The fourth-order valence-corrected chi connectivity index (χ4v) is 11.8. The Morgan fingerprint density at radius 1 is 0.845 bits per heavy atom. The molecule has 6 atom stereocenters. The van der Waals surface area contributed by atoms with Crippen LogP contribution in [0, 0.1) is 17.8 Å². The predicted molar refractivity (Wildman–Crippen MR) is 281 cm³/mol. The molecule has 12 nitrogen and oxygen atoms in total. The summed E-state index contributed by atoms with van der Waals surface area (Å²) in [5.74, 6) is 1.57. The quantitative estimate of drug-likeness (QED) is 0.0268. The van der Waals surface area contributed by atoms with Gasteiger partial charge in [-0.2, -0.15) is 0 Å². The molecule has 3 aromatic carbocycles. The van der Waals surface area contributed by atoms with Crippen molar-refractivity contribution in [3.8, 4) is 23.0 Å². The van der Waals surface area contributed by atoms with Crippen molar-refractivity contribution in [2.24, 2.45) is 22.9 Å². The second-order valence-electron chi connectivity index (χ2n) is 19.3. The van der Waals surface area contributed by atoms with Gasteiger partial charge in [0.2, 0.25) is 12.6 Å². The first-order chi connectivity index (χ1) is 34.9. The number of nitrogens with zero attached hydrogens (tertiary/aromatic N) is 2. The van der Waals surface area contributed by atoms with Crippen molar-refractivity contribution in [3.05, 3.63) is 102 Å². The van der Waals surface area contributed by atoms with Crippen LogP contribution in [0.1, 0.15) is 140 Å². The Balaban J connectivity index is 1.28. The first-order valence-electron chi connectivity index (χ1n) is 26.8. The topological polar surface area (TPSA) is 138 Å². The second kappa shape index (κ2) is 28.5. The monoisotopic (exact) mass is 997 g/mol. The molecule has 13 heteroatoms. The Morgan fingerprint density at radius 2 is 1.58 bits per heavy atom. The first kappa shape index (κ1) is 54.1. The lowest BCUT2D eigenvalue weighted by Crippen LogP contribution is -2.70. The lowest BCUT2D eigenvalue weighted by Gasteiger charge is -2.59. The number of benzene rings is 3. The molecule has 1 saturated carbocycles. The maximum atomic E-state index is 15.1. The number of carbonyl (C=O) groups excluding carboxylic acids is 1. The van der Waals surface area contributed by atoms with Crippen LogP contribution >= 0.6 is 11.8 Å². The molecular formula is C58H80N2O10S. The summed E-state index contributed by atoms with van der Waals surface area (Å²) in [7, 11) is 0. The average molecular weight is 997 g/mol. The van der Waals surface area contributed by atoms with Gasteiger partial charge < -0.3 is 43.5 Å². The minimum atomic E-state index is -1.44. The molecule has 1 fully saturated rings. The smallest absolute Gasteiger partial charge is 0.410 e. The van der Waals surface area contributed by atoms with E-state index in [9.17, 15) is 10.2 Å². The zero-order valence-electron chi connectivity index (χ0n) is 42.4. The molecule has 2 N–H and O–H groups in total. The Bertz CT molecular complexity index is 2170. The van der Waals surface area contributed by atoms with Gasteiger partial charge in [0.1, 0.15) is 24.1 Å². The highest BCUT2D eigenvalue weighted by atomic mass is 32.2. The van der Waals surface area contributed by atoms with E-state index >= 15 is 4.79 Å². The van der Waals surface area contributed by atoms with Crippen molar-refractivity contribution in [2.75, 3.05) is 52.2 Å². The van der Waals surface area contributed by atoms with E-state index < -0.39 is 23.8 Å². The molecule has 1 amide bonds. The molecule has 0 spiro atoms. The number of rotatable bonds is 32. The number of amides is 1. The average Bonchev–Trinajstić information content (AvgIpc) is 3.87. The number of carbonyl (C=O) groups is 1. The molecule has 0 aromatic heterocycles. The van der Waals surface area contributed by atoms with Crippen LogP contribution < -0.4 is 18.9 Å². The van der Waals surface area contributed by atoms with Crippen LogP contribution in [0.3, 0.4) is 0 Å². The molecule has 2 heterocycles. The van der Waals surface area contributed by atoms with E-state index in [1.165, 1.54) is 49.8 Å². The summed E-state index contributed by atoms with van der Waals surface area (Å²) in [6.45, 7) is 10.1. The second-order valence-corrected chi connectivity index (χ2v) is 20.5. The van der Waals surface area contributed by atoms with Crippen LogP contribution in [-0.4, -0.2) is 90.9 Å². The molecule has 2 aliphatic carbocycles. The minimum Gasteiger partial charge on any atom is -0.493 e. The van der Waals surface area contributed by atoms with E-state index in [-0.39, 0.29) is 63.9 Å². The summed E-state index contributed by atoms with van der Waals surface area (Å²) in [5.41, 5.74) is 3.56. The molecule has 388 valence electrons. The summed E-state index contributed by atoms with van der Waals surface area (Å²) in [6, 6.07) is 21.5. The number of thioether (sulfide) groups is 1. The van der Waals surface area contributed by atoms with Gasteiger partial charge in [-0.3, -0.25) is 4.90 Å². The minimum absolute atomic E-state index is 0.0740. The highest BCUT2D eigenvalue weighted by Crippen LogP contribution is 2.62. The van der Waals surface area contributed by atoms with Crippen molar-refractivity contribution < 1.29 is 48.3 Å². The number of ether oxygens (including phenoxy) is 6. The van der Waals surface area contributed by atoms with Crippen LogP contribution in [0.4, 0.5) is 4.79 Å². The highest BCUT2D eigenvalue weighted by molar-refractivity contribution is 7.99. The summed E-state index contributed by atoms with van der Waals surface area (Å²) in [5, 5.41) is 24.9. The van der Waals surface area contributed by atoms with Gasteiger partial charge >= 0.3 is 6.09 Å². The standard InChI is InChI=1S/C58H80N2O10S/c1-4-7-8-9-10-11-12-13-14-22-34-65-57(63)60(41-43-27-29-52-53(37-43)67-42-66-52)54-40-50(59-69-6-3)48-38-44(23-18-20-31-61)47(26-19-21-32-62)55-49-39-45(64-35-36-71-46-24-16-15-17-25-46)28-30-51(49)70-58(54,56(48)55)68-33-5-2/h5,15-17,24-25,27-30,37-39,44,47,54-56,61-62H,2,4,6-14,18-23,26,31-36,40-42H2,1,3H3/t44-,47+,54-,55+,56+,58+/m0/s1. The Morgan fingerprint density at radius 3 is 2.32 bits per heavy atom. The summed E-state index contributed by atoms with van der Waals surface area (Å²) >= 11 is 1.76. The van der Waals surface area contributed by atoms with Gasteiger partial charge in [-0.15, -0.1) is 18.3 Å². The number of allylic oxidation sites excluding steroid dienone is 1. The van der Waals surface area contributed by atoms with Gasteiger partial charge in [0, 0.05) is 48.3 Å². The maximum Gasteiger partial charge on any atom is 0.410 e. The molecule has 0 bridgehead atoms. The summed E-state index contributed by atoms with van der Waals surface area (Å²) in [4.78, 5) is 24.1. The van der Waals surface area contributed by atoms with Crippen molar-refractivity contribution in [2.45, 2.75) is 152 Å². The van der Waals surface area contributed by atoms with E-state index in [4.69, 9.17) is 38.4 Å². The van der Waals surface area contributed by atoms with E-state index in [1.807, 2.05) is 55.5 Å². The van der Waals surface area contributed by atoms with Gasteiger partial charge in [0.05, 0.1) is 31.5 Å². The number of unbranched alkanes of at least 4 members (excludes halogenated alkanes) is 11. The van der Waals surface area contributed by atoms with Gasteiger partial charge in [-0.05, 0) is 104 Å². The fraction of sp³-hybridized carbons (Fsp3) is 0.586. The number of aliphatic hydroxyl groups excluding tert-OH is 2. The molecule has 3 aromatic rings. The summed E-state index contributed by atoms with van der Waals surface area (Å²) < 4.78 is 39.1. The van der Waals surface area contributed by atoms with E-state index in [0.717, 1.165) is 78.9 Å². The molecular weight excluding hydrogens is 917 g/mol. The third kappa shape index (κ3) is 14.3. The third-order valence-electron chi connectivity index (χ3n) is 14.4. The molecule has 71 heavy (non-hydrogen) atoms. The van der Waals surface area contributed by atoms with Gasteiger partial charge in [0.25, 0.3) is 0 Å². The number of hydrogen-bond acceptors (Lipinski definition) is 12. The van der Waals surface area contributed by atoms with Crippen LogP contribution in [0.25, 0.3) is 0 Å². The lowest BCUT2D eigenvalue weighted by atomic mass is 9.55. The highest BCUT2D eigenvalue weighted by Gasteiger charge is 2.65. The molecule has 7 rings (SSSR count). The number of fused-ring (bicyclic) bond motifs is 3. The molecule has 4 aliphatic rings. The zero-order chi connectivity index (χ0) is 49.7. The largest absolute Gasteiger partial charge is 0.493 e. The van der Waals surface area contributed by atoms with Gasteiger partial charge in [0.15, 0.2) is 11.5 Å². The first-order valence-corrected chi connectivity index (χ1v) is 27.8. The SMILES string of the molecule is C=CCO[C@@]12Oc3ccc(OCCSc4ccccc4)cc3[C@H]3[C@H](CCCCO)[C@@H](CCCCO)C=C(C(=NOCC)C[C@@H]1N(Cc1ccc4c(c1)OCO4)C(=O)OCCCCCCCCCCCC)[C@H]32. The predicted octanol–water partition coefficient (Wildman–Crippen LogP) is 12.8. The lowest BCUT2D eigenvalue weighted by molar-refractivity contribution is -0.256. The van der Waals surface area contributed by atoms with Crippen molar-refractivity contribution >= 4 is 23.6 Å². The maximum absolute atomic E-state index is 15.1. The Hall–Kier alpha value is -4.69.